The van der Waals surface area contributed by atoms with Gasteiger partial charge in [0.15, 0.2) is 0 Å². The van der Waals surface area contributed by atoms with Crippen molar-refractivity contribution in [2.45, 2.75) is 18.4 Å². The van der Waals surface area contributed by atoms with Gasteiger partial charge in [-0.05, 0) is 47.0 Å². The number of amides is 2. The lowest BCUT2D eigenvalue weighted by molar-refractivity contribution is -0.139. The fraction of sp³-hybridized carbons (Fsp3) is 0.368. The fourth-order valence-electron chi connectivity index (χ4n) is 3.58. The molecule has 7 heteroatoms. The van der Waals surface area contributed by atoms with Gasteiger partial charge in [-0.15, -0.1) is 0 Å². The van der Waals surface area contributed by atoms with Gasteiger partial charge in [-0.1, -0.05) is 6.07 Å². The number of carbonyl (C=O) groups is 2. The monoisotopic (exact) mass is 374 g/mol. The summed E-state index contributed by atoms with van der Waals surface area (Å²) in [4.78, 5) is 28.2. The van der Waals surface area contributed by atoms with Crippen LogP contribution in [0.3, 0.4) is 0 Å². The number of likely N-dealkylation sites (tertiary alicyclic amines) is 1. The molecule has 26 heavy (non-hydrogen) atoms. The second kappa shape index (κ2) is 6.81. The third-order valence-corrected chi connectivity index (χ3v) is 5.71. The largest absolute Gasteiger partial charge is 0.361 e. The Labute approximate surface area is 155 Å². The summed E-state index contributed by atoms with van der Waals surface area (Å²) in [5.74, 6) is -0.503. The summed E-state index contributed by atoms with van der Waals surface area (Å²) in [7, 11) is 0. The Kier molecular flexibility index (Phi) is 4.50. The Morgan fingerprint density at radius 3 is 2.96 bits per heavy atom. The van der Waals surface area contributed by atoms with Crippen LogP contribution in [0.15, 0.2) is 41.1 Å². The SMILES string of the molecule is O=C(Cc1ccsc1)N1CCC2(C1)CN(c1cccc(F)c1)C(=O)CO2. The maximum Gasteiger partial charge on any atom is 0.253 e. The van der Waals surface area contributed by atoms with E-state index in [0.29, 0.717) is 38.2 Å². The highest BCUT2D eigenvalue weighted by Crippen LogP contribution is 2.32. The van der Waals surface area contributed by atoms with Crippen molar-refractivity contribution < 1.29 is 18.7 Å². The lowest BCUT2D eigenvalue weighted by Crippen LogP contribution is -2.56. The van der Waals surface area contributed by atoms with E-state index in [1.54, 1.807) is 33.3 Å². The Balaban J connectivity index is 1.47. The summed E-state index contributed by atoms with van der Waals surface area (Å²) < 4.78 is 19.4. The molecule has 0 saturated carbocycles. The Bertz CT molecular complexity index is 826. The molecule has 0 N–H and O–H groups in total. The van der Waals surface area contributed by atoms with Crippen LogP contribution in [0, 0.1) is 5.82 Å². The smallest absolute Gasteiger partial charge is 0.253 e. The molecule has 2 aliphatic rings. The first kappa shape index (κ1) is 17.2. The first-order chi connectivity index (χ1) is 12.5. The normalized spacial score (nSPS) is 23.0. The van der Waals surface area contributed by atoms with Gasteiger partial charge in [-0.2, -0.15) is 11.3 Å². The number of ether oxygens (including phenoxy) is 1. The van der Waals surface area contributed by atoms with Crippen molar-refractivity contribution in [1.29, 1.82) is 0 Å². The molecule has 2 fully saturated rings. The van der Waals surface area contributed by atoms with E-state index >= 15 is 0 Å². The molecule has 136 valence electrons. The zero-order valence-corrected chi connectivity index (χ0v) is 15.0. The number of rotatable bonds is 3. The number of nitrogens with zero attached hydrogens (tertiary/aromatic N) is 2. The minimum atomic E-state index is -0.579. The highest BCUT2D eigenvalue weighted by molar-refractivity contribution is 7.08. The lowest BCUT2D eigenvalue weighted by atomic mass is 10.00. The minimum absolute atomic E-state index is 0.0525. The maximum atomic E-state index is 13.5. The standard InChI is InChI=1S/C19H19FN2O3S/c20-15-2-1-3-16(9-15)22-13-19(25-10-18(22)24)5-6-21(12-19)17(23)8-14-4-7-26-11-14/h1-4,7,9,11H,5-6,8,10,12-13H2. The highest BCUT2D eigenvalue weighted by Gasteiger charge is 2.46. The zero-order chi connectivity index (χ0) is 18.1. The van der Waals surface area contributed by atoms with Gasteiger partial charge in [0, 0.05) is 12.2 Å². The van der Waals surface area contributed by atoms with Crippen LogP contribution in [0.5, 0.6) is 0 Å². The predicted molar refractivity (Wildman–Crippen MR) is 96.7 cm³/mol. The van der Waals surface area contributed by atoms with Crippen LogP contribution in [0.25, 0.3) is 0 Å². The molecule has 2 aliphatic heterocycles. The van der Waals surface area contributed by atoms with Gasteiger partial charge in [0.2, 0.25) is 5.91 Å². The van der Waals surface area contributed by atoms with Gasteiger partial charge >= 0.3 is 0 Å². The molecule has 4 rings (SSSR count). The van der Waals surface area contributed by atoms with E-state index in [1.807, 2.05) is 16.8 Å². The summed E-state index contributed by atoms with van der Waals surface area (Å²) in [6.07, 6.45) is 1.05. The Morgan fingerprint density at radius 2 is 2.19 bits per heavy atom. The fourth-order valence-corrected chi connectivity index (χ4v) is 4.25. The van der Waals surface area contributed by atoms with Crippen molar-refractivity contribution in [3.8, 4) is 0 Å². The molecular formula is C19H19FN2O3S. The highest BCUT2D eigenvalue weighted by atomic mass is 32.1. The number of hydrogen-bond donors (Lipinski definition) is 0. The zero-order valence-electron chi connectivity index (χ0n) is 14.2. The van der Waals surface area contributed by atoms with Crippen molar-refractivity contribution in [3.63, 3.8) is 0 Å². The first-order valence-corrected chi connectivity index (χ1v) is 9.48. The lowest BCUT2D eigenvalue weighted by Gasteiger charge is -2.40. The summed E-state index contributed by atoms with van der Waals surface area (Å²) in [6, 6.07) is 7.96. The van der Waals surface area contributed by atoms with Gasteiger partial charge < -0.3 is 14.5 Å². The number of benzene rings is 1. The van der Waals surface area contributed by atoms with Crippen molar-refractivity contribution >= 4 is 28.8 Å². The molecule has 0 bridgehead atoms. The maximum absolute atomic E-state index is 13.5. The van der Waals surface area contributed by atoms with Crippen LogP contribution in [0.1, 0.15) is 12.0 Å². The molecule has 1 aromatic carbocycles. The molecule has 1 aromatic heterocycles. The second-order valence-corrected chi connectivity index (χ2v) is 7.59. The number of anilines is 1. The number of carbonyl (C=O) groups excluding carboxylic acids is 2. The minimum Gasteiger partial charge on any atom is -0.361 e. The molecule has 2 saturated heterocycles. The molecule has 5 nitrogen and oxygen atoms in total. The van der Waals surface area contributed by atoms with E-state index < -0.39 is 5.60 Å². The molecule has 1 unspecified atom stereocenters. The van der Waals surface area contributed by atoms with Gasteiger partial charge in [-0.25, -0.2) is 4.39 Å². The summed E-state index contributed by atoms with van der Waals surface area (Å²) >= 11 is 1.57. The van der Waals surface area contributed by atoms with Crippen LogP contribution < -0.4 is 4.90 Å². The number of halogens is 1. The van der Waals surface area contributed by atoms with Crippen LogP contribution in [0.2, 0.25) is 0 Å². The quantitative estimate of drug-likeness (QED) is 0.829. The number of thiophene rings is 1. The van der Waals surface area contributed by atoms with Crippen molar-refractivity contribution in [1.82, 2.24) is 4.90 Å². The van der Waals surface area contributed by atoms with E-state index in [-0.39, 0.29) is 24.2 Å². The van der Waals surface area contributed by atoms with Crippen LogP contribution in [-0.4, -0.2) is 48.6 Å². The van der Waals surface area contributed by atoms with Crippen LogP contribution in [-0.2, 0) is 20.7 Å². The topological polar surface area (TPSA) is 49.9 Å². The average molecular weight is 374 g/mol. The number of morpholine rings is 1. The van der Waals surface area contributed by atoms with Crippen LogP contribution >= 0.6 is 11.3 Å². The summed E-state index contributed by atoms with van der Waals surface area (Å²) in [6.45, 7) is 1.34. The van der Waals surface area contributed by atoms with Gasteiger partial charge in [0.1, 0.15) is 18.0 Å². The van der Waals surface area contributed by atoms with E-state index in [2.05, 4.69) is 0 Å². The van der Waals surface area contributed by atoms with Gasteiger partial charge in [0.05, 0.1) is 19.5 Å². The van der Waals surface area contributed by atoms with Crippen molar-refractivity contribution in [2.75, 3.05) is 31.1 Å². The first-order valence-electron chi connectivity index (χ1n) is 8.53. The third kappa shape index (κ3) is 3.37. The Morgan fingerprint density at radius 1 is 1.31 bits per heavy atom. The average Bonchev–Trinajstić information content (AvgIpc) is 3.28. The molecule has 1 atom stereocenters. The van der Waals surface area contributed by atoms with E-state index in [4.69, 9.17) is 4.74 Å². The second-order valence-electron chi connectivity index (χ2n) is 6.81. The third-order valence-electron chi connectivity index (χ3n) is 4.97. The number of hydrogen-bond acceptors (Lipinski definition) is 4. The molecule has 2 amide bonds. The molecule has 0 radical (unpaired) electrons. The molecule has 0 aliphatic carbocycles. The van der Waals surface area contributed by atoms with Crippen molar-refractivity contribution in [3.05, 3.63) is 52.5 Å². The molecule has 1 spiro atoms. The van der Waals surface area contributed by atoms with Crippen LogP contribution in [0.4, 0.5) is 10.1 Å². The van der Waals surface area contributed by atoms with Gasteiger partial charge in [-0.3, -0.25) is 9.59 Å². The molecule has 2 aromatic rings. The van der Waals surface area contributed by atoms with E-state index in [0.717, 1.165) is 5.56 Å². The summed E-state index contributed by atoms with van der Waals surface area (Å²) in [5.41, 5.74) is 0.965. The Hall–Kier alpha value is -2.25. The molecular weight excluding hydrogens is 355 g/mol. The van der Waals surface area contributed by atoms with Crippen molar-refractivity contribution in [2.24, 2.45) is 0 Å². The molecule has 3 heterocycles. The van der Waals surface area contributed by atoms with E-state index in [9.17, 15) is 14.0 Å². The predicted octanol–water partition coefficient (Wildman–Crippen LogP) is 2.46. The van der Waals surface area contributed by atoms with E-state index in [1.165, 1.54) is 12.1 Å². The van der Waals surface area contributed by atoms with Gasteiger partial charge in [0.25, 0.3) is 5.91 Å². The summed E-state index contributed by atoms with van der Waals surface area (Å²) in [5, 5.41) is 3.94.